The lowest BCUT2D eigenvalue weighted by Crippen LogP contribution is -2.35. The van der Waals surface area contributed by atoms with Crippen LogP contribution in [0.2, 0.25) is 0 Å². The van der Waals surface area contributed by atoms with Crippen LogP contribution in [0.15, 0.2) is 24.3 Å². The summed E-state index contributed by atoms with van der Waals surface area (Å²) in [4.78, 5) is 0. The first-order valence-corrected chi connectivity index (χ1v) is 7.15. The number of phenols is 1. The molecule has 0 aliphatic heterocycles. The zero-order valence-corrected chi connectivity index (χ0v) is 11.9. The highest BCUT2D eigenvalue weighted by Crippen LogP contribution is 2.12. The molecule has 1 aromatic carbocycles. The molecular weight excluding hydrogens is 222 g/mol. The van der Waals surface area contributed by atoms with Crippen LogP contribution in [0.5, 0.6) is 5.75 Å². The molecule has 0 aliphatic rings. The maximum Gasteiger partial charge on any atom is 0.115 e. The summed E-state index contributed by atoms with van der Waals surface area (Å²) in [6.07, 6.45) is 6.21. The van der Waals surface area contributed by atoms with Crippen molar-refractivity contribution in [3.05, 3.63) is 29.8 Å². The van der Waals surface area contributed by atoms with E-state index in [1.807, 2.05) is 12.1 Å². The Kier molecular flexibility index (Phi) is 6.81. The second-order valence-corrected chi connectivity index (χ2v) is 5.34. The summed E-state index contributed by atoms with van der Waals surface area (Å²) in [7, 11) is 0. The Hall–Kier alpha value is -1.02. The molecule has 18 heavy (non-hydrogen) atoms. The van der Waals surface area contributed by atoms with Gasteiger partial charge < -0.3 is 10.4 Å². The van der Waals surface area contributed by atoms with Crippen LogP contribution in [0.25, 0.3) is 0 Å². The van der Waals surface area contributed by atoms with Gasteiger partial charge in [0.1, 0.15) is 5.75 Å². The lowest BCUT2D eigenvalue weighted by Gasteiger charge is -2.20. The van der Waals surface area contributed by atoms with Crippen LogP contribution in [0.4, 0.5) is 0 Å². The highest BCUT2D eigenvalue weighted by atomic mass is 16.3. The highest BCUT2D eigenvalue weighted by molar-refractivity contribution is 5.26. The van der Waals surface area contributed by atoms with Gasteiger partial charge in [-0.15, -0.1) is 0 Å². The molecule has 2 unspecified atom stereocenters. The topological polar surface area (TPSA) is 32.3 Å². The standard InChI is InChI=1S/C16H27NO/c1-4-5-6-7-13(2)17-14(3)12-15-8-10-16(18)11-9-15/h8-11,13-14,17-18H,4-7,12H2,1-3H3. The van der Waals surface area contributed by atoms with Crippen LogP contribution in [0.1, 0.15) is 52.0 Å². The van der Waals surface area contributed by atoms with Gasteiger partial charge in [0.25, 0.3) is 0 Å². The first-order valence-electron chi connectivity index (χ1n) is 7.15. The van der Waals surface area contributed by atoms with E-state index in [4.69, 9.17) is 0 Å². The van der Waals surface area contributed by atoms with E-state index in [0.717, 1.165) is 6.42 Å². The molecule has 102 valence electrons. The third-order valence-electron chi connectivity index (χ3n) is 3.29. The van der Waals surface area contributed by atoms with Crippen LogP contribution in [-0.4, -0.2) is 17.2 Å². The zero-order chi connectivity index (χ0) is 13.4. The van der Waals surface area contributed by atoms with Crippen LogP contribution in [0.3, 0.4) is 0 Å². The largest absolute Gasteiger partial charge is 0.508 e. The molecular formula is C16H27NO. The Morgan fingerprint density at radius 2 is 1.72 bits per heavy atom. The van der Waals surface area contributed by atoms with Crippen molar-refractivity contribution in [3.63, 3.8) is 0 Å². The number of hydrogen-bond acceptors (Lipinski definition) is 2. The van der Waals surface area contributed by atoms with Gasteiger partial charge in [0.15, 0.2) is 0 Å². The Morgan fingerprint density at radius 3 is 2.33 bits per heavy atom. The molecule has 0 aromatic heterocycles. The molecule has 0 amide bonds. The molecule has 0 radical (unpaired) electrons. The van der Waals surface area contributed by atoms with Gasteiger partial charge in [-0.25, -0.2) is 0 Å². The van der Waals surface area contributed by atoms with Crippen LogP contribution in [0, 0.1) is 0 Å². The van der Waals surface area contributed by atoms with Crippen molar-refractivity contribution in [1.82, 2.24) is 5.32 Å². The molecule has 2 heteroatoms. The summed E-state index contributed by atoms with van der Waals surface area (Å²) in [5.41, 5.74) is 1.27. The molecule has 0 saturated heterocycles. The minimum absolute atomic E-state index is 0.340. The smallest absolute Gasteiger partial charge is 0.115 e. The summed E-state index contributed by atoms with van der Waals surface area (Å²) in [6, 6.07) is 8.57. The maximum absolute atomic E-state index is 9.24. The normalized spacial score (nSPS) is 14.4. The van der Waals surface area contributed by atoms with E-state index < -0.39 is 0 Å². The van der Waals surface area contributed by atoms with Crippen molar-refractivity contribution in [2.75, 3.05) is 0 Å². The molecule has 0 spiro atoms. The zero-order valence-electron chi connectivity index (χ0n) is 11.9. The Bertz CT molecular complexity index is 320. The number of benzene rings is 1. The molecule has 1 aromatic rings. The second kappa shape index (κ2) is 8.15. The average molecular weight is 249 g/mol. The van der Waals surface area contributed by atoms with E-state index in [-0.39, 0.29) is 0 Å². The van der Waals surface area contributed by atoms with Gasteiger partial charge in [0.05, 0.1) is 0 Å². The third-order valence-corrected chi connectivity index (χ3v) is 3.29. The monoisotopic (exact) mass is 249 g/mol. The van der Waals surface area contributed by atoms with Crippen molar-refractivity contribution >= 4 is 0 Å². The van der Waals surface area contributed by atoms with E-state index in [1.165, 1.54) is 31.2 Å². The first-order chi connectivity index (χ1) is 8.61. The first kappa shape index (κ1) is 15.0. The van der Waals surface area contributed by atoms with E-state index in [0.29, 0.717) is 17.8 Å². The third kappa shape index (κ3) is 6.06. The number of rotatable bonds is 8. The van der Waals surface area contributed by atoms with E-state index in [2.05, 4.69) is 26.1 Å². The lowest BCUT2D eigenvalue weighted by atomic mass is 10.0. The fourth-order valence-electron chi connectivity index (χ4n) is 2.31. The van der Waals surface area contributed by atoms with Crippen LogP contribution in [-0.2, 0) is 6.42 Å². The molecule has 0 aliphatic carbocycles. The van der Waals surface area contributed by atoms with Gasteiger partial charge >= 0.3 is 0 Å². The van der Waals surface area contributed by atoms with Gasteiger partial charge in [-0.1, -0.05) is 38.3 Å². The molecule has 2 N–H and O–H groups in total. The van der Waals surface area contributed by atoms with Crippen molar-refractivity contribution in [1.29, 1.82) is 0 Å². The van der Waals surface area contributed by atoms with Gasteiger partial charge in [0, 0.05) is 12.1 Å². The second-order valence-electron chi connectivity index (χ2n) is 5.34. The molecule has 0 fully saturated rings. The van der Waals surface area contributed by atoms with Gasteiger partial charge in [-0.2, -0.15) is 0 Å². The summed E-state index contributed by atoms with van der Waals surface area (Å²) in [5.74, 6) is 0.340. The predicted octanol–water partition coefficient (Wildman–Crippen LogP) is 3.88. The summed E-state index contributed by atoms with van der Waals surface area (Å²) < 4.78 is 0. The predicted molar refractivity (Wildman–Crippen MR) is 78.0 cm³/mol. The van der Waals surface area contributed by atoms with Crippen LogP contribution < -0.4 is 5.32 Å². The fraction of sp³-hybridized carbons (Fsp3) is 0.625. The Morgan fingerprint density at radius 1 is 1.06 bits per heavy atom. The van der Waals surface area contributed by atoms with Crippen molar-refractivity contribution in [2.45, 2.75) is 65.0 Å². The van der Waals surface area contributed by atoms with Gasteiger partial charge in [-0.3, -0.25) is 0 Å². The number of unbranched alkanes of at least 4 members (excludes halogenated alkanes) is 2. The van der Waals surface area contributed by atoms with Crippen LogP contribution >= 0.6 is 0 Å². The average Bonchev–Trinajstić information content (AvgIpc) is 2.32. The highest BCUT2D eigenvalue weighted by Gasteiger charge is 2.07. The Labute approximate surface area is 111 Å². The van der Waals surface area contributed by atoms with Crippen molar-refractivity contribution in [3.8, 4) is 5.75 Å². The van der Waals surface area contributed by atoms with Gasteiger partial charge in [0.2, 0.25) is 0 Å². The number of hydrogen-bond donors (Lipinski definition) is 2. The fourth-order valence-corrected chi connectivity index (χ4v) is 2.31. The van der Waals surface area contributed by atoms with Gasteiger partial charge in [-0.05, 0) is 44.4 Å². The Balaban J connectivity index is 2.27. The molecule has 2 atom stereocenters. The molecule has 0 bridgehead atoms. The number of phenolic OH excluding ortho intramolecular Hbond substituents is 1. The molecule has 0 saturated carbocycles. The molecule has 1 rings (SSSR count). The summed E-state index contributed by atoms with van der Waals surface area (Å²) >= 11 is 0. The van der Waals surface area contributed by atoms with Crippen molar-refractivity contribution < 1.29 is 5.11 Å². The van der Waals surface area contributed by atoms with Crippen molar-refractivity contribution in [2.24, 2.45) is 0 Å². The maximum atomic E-state index is 9.24. The SMILES string of the molecule is CCCCCC(C)NC(C)Cc1ccc(O)cc1. The summed E-state index contributed by atoms with van der Waals surface area (Å²) in [6.45, 7) is 6.73. The number of aromatic hydroxyl groups is 1. The van der Waals surface area contributed by atoms with E-state index in [1.54, 1.807) is 12.1 Å². The number of nitrogens with one attached hydrogen (secondary N) is 1. The lowest BCUT2D eigenvalue weighted by molar-refractivity contribution is 0.430. The summed E-state index contributed by atoms with van der Waals surface area (Å²) in [5, 5.41) is 12.9. The van der Waals surface area contributed by atoms with E-state index >= 15 is 0 Å². The molecule has 0 heterocycles. The minimum Gasteiger partial charge on any atom is -0.508 e. The molecule has 2 nitrogen and oxygen atoms in total. The quantitative estimate of drug-likeness (QED) is 0.685. The van der Waals surface area contributed by atoms with E-state index in [9.17, 15) is 5.11 Å². The minimum atomic E-state index is 0.340.